The van der Waals surface area contributed by atoms with Crippen molar-refractivity contribution in [3.63, 3.8) is 0 Å². The molecule has 0 aliphatic carbocycles. The minimum atomic E-state index is -0.239. The zero-order valence-electron chi connectivity index (χ0n) is 12.3. The van der Waals surface area contributed by atoms with Crippen molar-refractivity contribution in [2.24, 2.45) is 0 Å². The predicted octanol–water partition coefficient (Wildman–Crippen LogP) is 3.62. The first-order valence-corrected chi connectivity index (χ1v) is 8.46. The molecule has 24 heavy (non-hydrogen) atoms. The molecule has 0 atom stereocenters. The maximum absolute atomic E-state index is 12.2. The largest absolute Gasteiger partial charge is 0.463 e. The first kappa shape index (κ1) is 15.0. The molecule has 4 aromatic rings. The van der Waals surface area contributed by atoms with E-state index in [4.69, 9.17) is 16.0 Å². The fourth-order valence-corrected chi connectivity index (χ4v) is 3.13. The lowest BCUT2D eigenvalue weighted by molar-refractivity contribution is 0.579. The van der Waals surface area contributed by atoms with Crippen molar-refractivity contribution in [3.05, 3.63) is 69.7 Å². The summed E-state index contributed by atoms with van der Waals surface area (Å²) in [6, 6.07) is 12.5. The van der Waals surface area contributed by atoms with E-state index in [0.29, 0.717) is 33.2 Å². The number of halogens is 1. The van der Waals surface area contributed by atoms with Gasteiger partial charge < -0.3 is 4.42 Å². The molecule has 3 heterocycles. The summed E-state index contributed by atoms with van der Waals surface area (Å²) in [6.07, 6.45) is 1.54. The van der Waals surface area contributed by atoms with Crippen molar-refractivity contribution in [2.45, 2.75) is 10.9 Å². The van der Waals surface area contributed by atoms with Gasteiger partial charge >= 0.3 is 0 Å². The van der Waals surface area contributed by atoms with Crippen LogP contribution in [-0.2, 0) is 5.75 Å². The molecule has 3 aromatic heterocycles. The lowest BCUT2D eigenvalue weighted by Gasteiger charge is -1.98. The van der Waals surface area contributed by atoms with Gasteiger partial charge in [0.25, 0.3) is 11.3 Å². The molecule has 6 nitrogen and oxygen atoms in total. The second kappa shape index (κ2) is 6.18. The van der Waals surface area contributed by atoms with Crippen molar-refractivity contribution < 1.29 is 4.42 Å². The first-order chi connectivity index (χ1) is 11.7. The van der Waals surface area contributed by atoms with E-state index in [1.165, 1.54) is 28.6 Å². The van der Waals surface area contributed by atoms with Crippen LogP contribution in [0.4, 0.5) is 0 Å². The van der Waals surface area contributed by atoms with E-state index in [0.717, 1.165) is 5.56 Å². The number of hydrogen-bond donors (Lipinski definition) is 1. The number of H-pyrrole nitrogens is 1. The number of nitrogens with zero attached hydrogens (tertiary/aromatic N) is 3. The molecule has 0 aliphatic heterocycles. The summed E-state index contributed by atoms with van der Waals surface area (Å²) in [6.45, 7) is 0. The predicted molar refractivity (Wildman–Crippen MR) is 92.3 cm³/mol. The van der Waals surface area contributed by atoms with Gasteiger partial charge in [-0.3, -0.25) is 9.89 Å². The van der Waals surface area contributed by atoms with E-state index < -0.39 is 0 Å². The van der Waals surface area contributed by atoms with Gasteiger partial charge in [0, 0.05) is 16.8 Å². The van der Waals surface area contributed by atoms with E-state index in [9.17, 15) is 4.79 Å². The van der Waals surface area contributed by atoms with Gasteiger partial charge in [0.05, 0.1) is 6.26 Å². The minimum absolute atomic E-state index is 0.239. The molecule has 1 aromatic carbocycles. The van der Waals surface area contributed by atoms with Crippen LogP contribution >= 0.6 is 23.4 Å². The van der Waals surface area contributed by atoms with Gasteiger partial charge in [0.2, 0.25) is 0 Å². The fraction of sp³-hybridized carbons (Fsp3) is 0.0625. The molecule has 1 N–H and O–H groups in total. The molecule has 120 valence electrons. The van der Waals surface area contributed by atoms with Gasteiger partial charge in [0.15, 0.2) is 10.9 Å². The average molecular weight is 359 g/mol. The van der Waals surface area contributed by atoms with Crippen LogP contribution in [0.1, 0.15) is 5.56 Å². The Morgan fingerprint density at radius 1 is 1.21 bits per heavy atom. The number of aromatic nitrogens is 4. The van der Waals surface area contributed by atoms with Gasteiger partial charge in [0.1, 0.15) is 5.69 Å². The molecule has 0 radical (unpaired) electrons. The number of rotatable bonds is 4. The quantitative estimate of drug-likeness (QED) is 0.564. The van der Waals surface area contributed by atoms with Crippen LogP contribution < -0.4 is 5.56 Å². The van der Waals surface area contributed by atoms with Gasteiger partial charge in [-0.1, -0.05) is 35.5 Å². The molecule has 0 saturated heterocycles. The Kier molecular flexibility index (Phi) is 3.87. The maximum atomic E-state index is 12.2. The topological polar surface area (TPSA) is 76.2 Å². The van der Waals surface area contributed by atoms with Gasteiger partial charge in [-0.15, -0.1) is 0 Å². The number of aromatic amines is 1. The Bertz CT molecular complexity index is 1040. The normalized spacial score (nSPS) is 11.2. The third-order valence-electron chi connectivity index (χ3n) is 3.37. The number of nitrogens with one attached hydrogen (secondary N) is 1. The molecule has 0 spiro atoms. The highest BCUT2D eigenvalue weighted by Crippen LogP contribution is 2.21. The highest BCUT2D eigenvalue weighted by molar-refractivity contribution is 7.98. The van der Waals surface area contributed by atoms with E-state index in [1.807, 2.05) is 24.3 Å². The summed E-state index contributed by atoms with van der Waals surface area (Å²) in [5, 5.41) is 4.27. The van der Waals surface area contributed by atoms with Gasteiger partial charge in [-0.05, 0) is 29.8 Å². The SMILES string of the molecule is O=c1cc(-c2ccco2)nc2nc(SCc3ccc(Cl)cc3)[nH]n12. The zero-order valence-corrected chi connectivity index (χ0v) is 13.8. The number of fused-ring (bicyclic) bond motifs is 1. The van der Waals surface area contributed by atoms with Crippen LogP contribution in [0, 0.1) is 0 Å². The molecule has 0 saturated carbocycles. The smallest absolute Gasteiger partial charge is 0.274 e. The third-order valence-corrected chi connectivity index (χ3v) is 4.56. The Balaban J connectivity index is 1.62. The zero-order chi connectivity index (χ0) is 16.5. The molecule has 0 amide bonds. The summed E-state index contributed by atoms with van der Waals surface area (Å²) in [5.41, 5.74) is 1.34. The van der Waals surface area contributed by atoms with Crippen LogP contribution in [0.5, 0.6) is 0 Å². The van der Waals surface area contributed by atoms with Crippen LogP contribution in [0.15, 0.2) is 63.1 Å². The fourth-order valence-electron chi connectivity index (χ4n) is 2.21. The average Bonchev–Trinajstić information content (AvgIpc) is 3.24. The molecule has 0 fully saturated rings. The van der Waals surface area contributed by atoms with Crippen molar-refractivity contribution in [1.82, 2.24) is 19.6 Å². The van der Waals surface area contributed by atoms with Crippen LogP contribution in [0.3, 0.4) is 0 Å². The van der Waals surface area contributed by atoms with Gasteiger partial charge in [-0.25, -0.2) is 4.98 Å². The van der Waals surface area contributed by atoms with Crippen LogP contribution in [0.25, 0.3) is 17.2 Å². The molecule has 0 aliphatic rings. The second-order valence-electron chi connectivity index (χ2n) is 5.04. The standard InChI is InChI=1S/C16H11ClN4O2S/c17-11-5-3-10(4-6-11)9-24-16-19-15-18-12(13-2-1-7-23-13)8-14(22)21(15)20-16/h1-8H,9H2,(H,18,19,20). The van der Waals surface area contributed by atoms with Gasteiger partial charge in [-0.2, -0.15) is 9.50 Å². The number of thioether (sulfide) groups is 1. The number of benzene rings is 1. The van der Waals surface area contributed by atoms with Crippen LogP contribution in [0.2, 0.25) is 5.02 Å². The van der Waals surface area contributed by atoms with Crippen molar-refractivity contribution >= 4 is 29.1 Å². The van der Waals surface area contributed by atoms with E-state index >= 15 is 0 Å². The molecular weight excluding hydrogens is 348 g/mol. The van der Waals surface area contributed by atoms with Crippen LogP contribution in [-0.4, -0.2) is 19.6 Å². The third kappa shape index (κ3) is 2.95. The lowest BCUT2D eigenvalue weighted by Crippen LogP contribution is -2.14. The summed E-state index contributed by atoms with van der Waals surface area (Å²) < 4.78 is 6.60. The molecule has 8 heteroatoms. The molecular formula is C16H11ClN4O2S. The highest BCUT2D eigenvalue weighted by Gasteiger charge is 2.11. The van der Waals surface area contributed by atoms with Crippen molar-refractivity contribution in [1.29, 1.82) is 0 Å². The van der Waals surface area contributed by atoms with E-state index in [1.54, 1.807) is 12.1 Å². The number of furan rings is 1. The second-order valence-corrected chi connectivity index (χ2v) is 6.44. The van der Waals surface area contributed by atoms with Crippen molar-refractivity contribution in [3.8, 4) is 11.5 Å². The Hall–Kier alpha value is -2.51. The molecule has 0 bridgehead atoms. The summed E-state index contributed by atoms with van der Waals surface area (Å²) >= 11 is 7.36. The lowest BCUT2D eigenvalue weighted by atomic mass is 10.2. The summed E-state index contributed by atoms with van der Waals surface area (Å²) in [5.74, 6) is 1.55. The Labute approximate surface area is 145 Å². The Morgan fingerprint density at radius 3 is 2.79 bits per heavy atom. The Morgan fingerprint density at radius 2 is 2.04 bits per heavy atom. The van der Waals surface area contributed by atoms with E-state index in [2.05, 4.69) is 15.1 Å². The van der Waals surface area contributed by atoms with Crippen molar-refractivity contribution in [2.75, 3.05) is 0 Å². The number of hydrogen-bond acceptors (Lipinski definition) is 5. The molecule has 4 rings (SSSR count). The summed E-state index contributed by atoms with van der Waals surface area (Å²) in [7, 11) is 0. The monoisotopic (exact) mass is 358 g/mol. The summed E-state index contributed by atoms with van der Waals surface area (Å²) in [4.78, 5) is 20.9. The molecule has 0 unspecified atom stereocenters. The van der Waals surface area contributed by atoms with E-state index in [-0.39, 0.29) is 5.56 Å². The maximum Gasteiger partial charge on any atom is 0.274 e. The minimum Gasteiger partial charge on any atom is -0.463 e. The highest BCUT2D eigenvalue weighted by atomic mass is 35.5. The first-order valence-electron chi connectivity index (χ1n) is 7.10.